The van der Waals surface area contributed by atoms with Crippen molar-refractivity contribution in [2.75, 3.05) is 7.11 Å². The maximum atomic E-state index is 12.5. The monoisotopic (exact) mass is 270 g/mol. The Bertz CT molecular complexity index is 304. The summed E-state index contributed by atoms with van der Waals surface area (Å²) >= 11 is 0. The van der Waals surface area contributed by atoms with Crippen LogP contribution >= 0.6 is 0 Å². The SMILES string of the molecule is CCC(C)C(C)(C)C(C)(CC(C)(C)CC)C(=O)OC. The van der Waals surface area contributed by atoms with Crippen LogP contribution in [0.4, 0.5) is 0 Å². The zero-order valence-corrected chi connectivity index (χ0v) is 14.5. The van der Waals surface area contributed by atoms with Crippen LogP contribution in [-0.4, -0.2) is 13.1 Å². The van der Waals surface area contributed by atoms with E-state index in [0.29, 0.717) is 5.92 Å². The Morgan fingerprint density at radius 1 is 1.11 bits per heavy atom. The molecule has 0 saturated heterocycles. The molecule has 0 spiro atoms. The fourth-order valence-corrected chi connectivity index (χ4v) is 2.92. The maximum Gasteiger partial charge on any atom is 0.312 e. The van der Waals surface area contributed by atoms with Crippen molar-refractivity contribution in [2.24, 2.45) is 22.2 Å². The average Bonchev–Trinajstić information content (AvgIpc) is 2.35. The highest BCUT2D eigenvalue weighted by molar-refractivity contribution is 5.77. The third-order valence-electron chi connectivity index (χ3n) is 5.69. The molecule has 0 aliphatic heterocycles. The molecule has 2 unspecified atom stereocenters. The van der Waals surface area contributed by atoms with Gasteiger partial charge in [0.1, 0.15) is 0 Å². The lowest BCUT2D eigenvalue weighted by Gasteiger charge is -2.49. The smallest absolute Gasteiger partial charge is 0.312 e. The average molecular weight is 270 g/mol. The van der Waals surface area contributed by atoms with Gasteiger partial charge in [-0.25, -0.2) is 0 Å². The first-order valence-electron chi connectivity index (χ1n) is 7.57. The van der Waals surface area contributed by atoms with Gasteiger partial charge < -0.3 is 4.74 Å². The van der Waals surface area contributed by atoms with E-state index in [-0.39, 0.29) is 16.8 Å². The van der Waals surface area contributed by atoms with Crippen LogP contribution in [0, 0.1) is 22.2 Å². The van der Waals surface area contributed by atoms with E-state index in [1.54, 1.807) is 0 Å². The number of ether oxygens (including phenoxy) is 1. The Morgan fingerprint density at radius 2 is 1.58 bits per heavy atom. The van der Waals surface area contributed by atoms with Crippen molar-refractivity contribution in [1.82, 2.24) is 0 Å². The fourth-order valence-electron chi connectivity index (χ4n) is 2.92. The van der Waals surface area contributed by atoms with Crippen molar-refractivity contribution in [3.8, 4) is 0 Å². The predicted molar refractivity (Wildman–Crippen MR) is 82.0 cm³/mol. The molecular formula is C17H34O2. The number of methoxy groups -OCH3 is 1. The molecule has 0 N–H and O–H groups in total. The van der Waals surface area contributed by atoms with E-state index in [0.717, 1.165) is 19.3 Å². The van der Waals surface area contributed by atoms with Crippen molar-refractivity contribution in [1.29, 1.82) is 0 Å². The van der Waals surface area contributed by atoms with Crippen LogP contribution in [0.5, 0.6) is 0 Å². The molecule has 0 aliphatic rings. The molecular weight excluding hydrogens is 236 g/mol. The molecule has 0 aliphatic carbocycles. The van der Waals surface area contributed by atoms with Gasteiger partial charge in [-0.3, -0.25) is 4.79 Å². The second-order valence-electron chi connectivity index (χ2n) is 7.55. The molecule has 2 atom stereocenters. The highest BCUT2D eigenvalue weighted by Crippen LogP contribution is 2.52. The standard InChI is InChI=1S/C17H34O2/c1-10-13(3)16(6,7)17(8,14(18)19-9)12-15(4,5)11-2/h13H,10-12H2,1-9H3. The minimum atomic E-state index is -0.448. The predicted octanol–water partition coefficient (Wildman–Crippen LogP) is 5.06. The highest BCUT2D eigenvalue weighted by Gasteiger charge is 2.52. The van der Waals surface area contributed by atoms with Gasteiger partial charge in [-0.2, -0.15) is 0 Å². The van der Waals surface area contributed by atoms with Crippen LogP contribution in [0.2, 0.25) is 0 Å². The van der Waals surface area contributed by atoms with Crippen LogP contribution in [0.25, 0.3) is 0 Å². The lowest BCUT2D eigenvalue weighted by atomic mass is 9.55. The van der Waals surface area contributed by atoms with Crippen LogP contribution in [-0.2, 0) is 9.53 Å². The number of hydrogen-bond donors (Lipinski definition) is 0. The van der Waals surface area contributed by atoms with Crippen molar-refractivity contribution < 1.29 is 9.53 Å². The van der Waals surface area contributed by atoms with Crippen molar-refractivity contribution in [3.05, 3.63) is 0 Å². The van der Waals surface area contributed by atoms with Gasteiger partial charge in [-0.1, -0.05) is 61.3 Å². The van der Waals surface area contributed by atoms with E-state index in [4.69, 9.17) is 4.74 Å². The Labute approximate surface area is 120 Å². The summed E-state index contributed by atoms with van der Waals surface area (Å²) < 4.78 is 5.15. The molecule has 0 bridgehead atoms. The number of hydrogen-bond acceptors (Lipinski definition) is 2. The van der Waals surface area contributed by atoms with Gasteiger partial charge in [-0.05, 0) is 30.1 Å². The molecule has 0 amide bonds. The Morgan fingerprint density at radius 3 is 1.89 bits per heavy atom. The Balaban J connectivity index is 5.60. The maximum absolute atomic E-state index is 12.5. The minimum Gasteiger partial charge on any atom is -0.469 e. The molecule has 114 valence electrons. The first-order valence-corrected chi connectivity index (χ1v) is 7.57. The molecule has 2 nitrogen and oxygen atoms in total. The Kier molecular flexibility index (Phi) is 6.10. The molecule has 0 radical (unpaired) electrons. The fraction of sp³-hybridized carbons (Fsp3) is 0.941. The number of carbonyl (C=O) groups is 1. The zero-order valence-electron chi connectivity index (χ0n) is 14.5. The quantitative estimate of drug-likeness (QED) is 0.604. The van der Waals surface area contributed by atoms with E-state index < -0.39 is 5.41 Å². The van der Waals surface area contributed by atoms with Crippen molar-refractivity contribution >= 4 is 5.97 Å². The van der Waals surface area contributed by atoms with Crippen molar-refractivity contribution in [3.63, 3.8) is 0 Å². The number of rotatable bonds is 7. The van der Waals surface area contributed by atoms with E-state index in [1.807, 2.05) is 0 Å². The van der Waals surface area contributed by atoms with E-state index >= 15 is 0 Å². The molecule has 0 rings (SSSR count). The summed E-state index contributed by atoms with van der Waals surface area (Å²) in [6.07, 6.45) is 3.00. The highest BCUT2D eigenvalue weighted by atomic mass is 16.5. The zero-order chi connectivity index (χ0) is 15.5. The van der Waals surface area contributed by atoms with Gasteiger partial charge in [-0.15, -0.1) is 0 Å². The van der Waals surface area contributed by atoms with Crippen LogP contribution < -0.4 is 0 Å². The lowest BCUT2D eigenvalue weighted by Crippen LogP contribution is -2.48. The first kappa shape index (κ1) is 18.5. The van der Waals surface area contributed by atoms with E-state index in [2.05, 4.69) is 55.4 Å². The minimum absolute atomic E-state index is 0.0701. The molecule has 0 fully saturated rings. The molecule has 0 heterocycles. The van der Waals surface area contributed by atoms with Crippen LogP contribution in [0.15, 0.2) is 0 Å². The van der Waals surface area contributed by atoms with Gasteiger partial charge in [0.05, 0.1) is 12.5 Å². The molecule has 0 aromatic rings. The largest absolute Gasteiger partial charge is 0.469 e. The molecule has 0 saturated carbocycles. The summed E-state index contributed by atoms with van der Waals surface area (Å²) in [6, 6.07) is 0. The van der Waals surface area contributed by atoms with Gasteiger partial charge in [0, 0.05) is 0 Å². The summed E-state index contributed by atoms with van der Waals surface area (Å²) in [5, 5.41) is 0. The summed E-state index contributed by atoms with van der Waals surface area (Å²) in [4.78, 5) is 12.5. The van der Waals surface area contributed by atoms with Gasteiger partial charge in [0.25, 0.3) is 0 Å². The van der Waals surface area contributed by atoms with Gasteiger partial charge in [0.15, 0.2) is 0 Å². The summed E-state index contributed by atoms with van der Waals surface area (Å²) in [5.74, 6) is 0.406. The van der Waals surface area contributed by atoms with Crippen LogP contribution in [0.3, 0.4) is 0 Å². The number of carbonyl (C=O) groups excluding carboxylic acids is 1. The van der Waals surface area contributed by atoms with E-state index in [9.17, 15) is 4.79 Å². The normalized spacial score (nSPS) is 17.7. The summed E-state index contributed by atoms with van der Waals surface area (Å²) in [5.41, 5.74) is -0.383. The second kappa shape index (κ2) is 6.28. The topological polar surface area (TPSA) is 26.3 Å². The third kappa shape index (κ3) is 3.73. The van der Waals surface area contributed by atoms with Gasteiger partial charge >= 0.3 is 5.97 Å². The molecule has 0 aromatic carbocycles. The second-order valence-corrected chi connectivity index (χ2v) is 7.55. The summed E-state index contributed by atoms with van der Waals surface area (Å²) in [6.45, 7) is 17.6. The van der Waals surface area contributed by atoms with E-state index in [1.165, 1.54) is 7.11 Å². The van der Waals surface area contributed by atoms with Crippen molar-refractivity contribution in [2.45, 2.75) is 74.7 Å². The van der Waals surface area contributed by atoms with Crippen LogP contribution in [0.1, 0.15) is 74.7 Å². The third-order valence-corrected chi connectivity index (χ3v) is 5.69. The Hall–Kier alpha value is -0.530. The summed E-state index contributed by atoms with van der Waals surface area (Å²) in [7, 11) is 1.51. The number of esters is 1. The molecule has 19 heavy (non-hydrogen) atoms. The van der Waals surface area contributed by atoms with Gasteiger partial charge in [0.2, 0.25) is 0 Å². The lowest BCUT2D eigenvalue weighted by molar-refractivity contribution is -0.166. The molecule has 2 heteroatoms. The molecule has 0 aromatic heterocycles. The first-order chi connectivity index (χ1) is 8.48.